The zero-order valence-electron chi connectivity index (χ0n) is 15.4. The summed E-state index contributed by atoms with van der Waals surface area (Å²) in [6, 6.07) is 15.5. The van der Waals surface area contributed by atoms with Gasteiger partial charge in [0.1, 0.15) is 5.75 Å². The minimum absolute atomic E-state index is 0.0117. The molecule has 0 N–H and O–H groups in total. The van der Waals surface area contributed by atoms with Crippen molar-refractivity contribution >= 4 is 17.5 Å². The highest BCUT2D eigenvalue weighted by molar-refractivity contribution is 6.00. The molecule has 5 nitrogen and oxygen atoms in total. The molecule has 0 radical (unpaired) electrons. The van der Waals surface area contributed by atoms with E-state index in [2.05, 4.69) is 0 Å². The molecule has 26 heavy (non-hydrogen) atoms. The summed E-state index contributed by atoms with van der Waals surface area (Å²) in [5.74, 6) is 0.580. The van der Waals surface area contributed by atoms with Crippen LogP contribution in [0.1, 0.15) is 24.5 Å². The first-order valence-electron chi connectivity index (χ1n) is 8.83. The number of nitrogens with zero attached hydrogens (tertiary/aromatic N) is 2. The lowest BCUT2D eigenvalue weighted by Gasteiger charge is -2.33. The summed E-state index contributed by atoms with van der Waals surface area (Å²) in [7, 11) is 1.80. The number of amides is 2. The Morgan fingerprint density at radius 2 is 1.85 bits per heavy atom. The van der Waals surface area contributed by atoms with Crippen molar-refractivity contribution in [3.63, 3.8) is 0 Å². The highest BCUT2D eigenvalue weighted by Crippen LogP contribution is 2.33. The number of ether oxygens (including phenoxy) is 1. The smallest absolute Gasteiger partial charge is 0.267 e. The summed E-state index contributed by atoms with van der Waals surface area (Å²) in [4.78, 5) is 28.4. The van der Waals surface area contributed by atoms with Crippen LogP contribution in [-0.2, 0) is 16.1 Å². The van der Waals surface area contributed by atoms with Gasteiger partial charge in [-0.1, -0.05) is 36.4 Å². The maximum Gasteiger partial charge on any atom is 0.267 e. The maximum atomic E-state index is 12.6. The van der Waals surface area contributed by atoms with Gasteiger partial charge in [0.05, 0.1) is 5.69 Å². The van der Waals surface area contributed by atoms with Crippen LogP contribution >= 0.6 is 0 Å². The number of hydrogen-bond donors (Lipinski definition) is 0. The molecule has 3 rings (SSSR count). The Hall–Kier alpha value is -2.82. The molecule has 0 saturated carbocycles. The molecule has 2 amide bonds. The van der Waals surface area contributed by atoms with E-state index in [-0.39, 0.29) is 18.2 Å². The number of carbonyl (C=O) groups excluding carboxylic acids is 2. The van der Waals surface area contributed by atoms with Gasteiger partial charge in [-0.05, 0) is 37.1 Å². The van der Waals surface area contributed by atoms with Crippen molar-refractivity contribution in [2.75, 3.05) is 18.5 Å². The van der Waals surface area contributed by atoms with Gasteiger partial charge < -0.3 is 14.5 Å². The molecule has 1 aliphatic rings. The average molecular weight is 352 g/mol. The number of fused-ring (bicyclic) bond motifs is 1. The fourth-order valence-electron chi connectivity index (χ4n) is 3.12. The third-order valence-corrected chi connectivity index (χ3v) is 4.72. The van der Waals surface area contributed by atoms with Crippen LogP contribution in [0.15, 0.2) is 48.5 Å². The van der Waals surface area contributed by atoms with E-state index in [1.165, 1.54) is 5.56 Å². The van der Waals surface area contributed by atoms with Crippen LogP contribution in [-0.4, -0.2) is 36.4 Å². The van der Waals surface area contributed by atoms with Gasteiger partial charge in [-0.25, -0.2) is 0 Å². The molecule has 0 spiro atoms. The summed E-state index contributed by atoms with van der Waals surface area (Å²) in [6.45, 7) is 4.69. The van der Waals surface area contributed by atoms with Crippen LogP contribution in [0.2, 0.25) is 0 Å². The lowest BCUT2D eigenvalue weighted by atomic mass is 10.1. The first-order valence-corrected chi connectivity index (χ1v) is 8.83. The van der Waals surface area contributed by atoms with Crippen LogP contribution in [0.4, 0.5) is 5.69 Å². The molecule has 5 heteroatoms. The molecule has 136 valence electrons. The van der Waals surface area contributed by atoms with Gasteiger partial charge >= 0.3 is 0 Å². The largest absolute Gasteiger partial charge is 0.479 e. The Morgan fingerprint density at radius 1 is 1.15 bits per heavy atom. The minimum atomic E-state index is -0.537. The molecule has 1 unspecified atom stereocenters. The maximum absolute atomic E-state index is 12.6. The quantitative estimate of drug-likeness (QED) is 0.830. The summed E-state index contributed by atoms with van der Waals surface area (Å²) >= 11 is 0. The van der Waals surface area contributed by atoms with Crippen molar-refractivity contribution < 1.29 is 14.3 Å². The molecule has 1 aliphatic heterocycles. The number of benzene rings is 2. The SMILES string of the molecule is Cc1ccccc1CN(C)C(=O)CCN1C(=O)C(C)Oc2ccccc21. The Labute approximate surface area is 154 Å². The van der Waals surface area contributed by atoms with E-state index in [9.17, 15) is 9.59 Å². The normalized spacial score (nSPS) is 16.0. The Balaban J connectivity index is 1.65. The molecule has 2 aromatic rings. The summed E-state index contributed by atoms with van der Waals surface area (Å²) in [5, 5.41) is 0. The number of rotatable bonds is 5. The second-order valence-corrected chi connectivity index (χ2v) is 6.64. The molecular weight excluding hydrogens is 328 g/mol. The van der Waals surface area contributed by atoms with E-state index in [0.717, 1.165) is 11.3 Å². The van der Waals surface area contributed by atoms with Gasteiger partial charge in [0, 0.05) is 26.6 Å². The van der Waals surface area contributed by atoms with E-state index in [4.69, 9.17) is 4.74 Å². The highest BCUT2D eigenvalue weighted by Gasteiger charge is 2.31. The molecule has 0 aromatic heterocycles. The second kappa shape index (κ2) is 7.60. The summed E-state index contributed by atoms with van der Waals surface area (Å²) in [5.41, 5.74) is 3.02. The molecule has 1 heterocycles. The van der Waals surface area contributed by atoms with Crippen molar-refractivity contribution in [3.8, 4) is 5.75 Å². The Kier molecular flexibility index (Phi) is 5.26. The van der Waals surface area contributed by atoms with E-state index in [1.54, 1.807) is 23.8 Å². The first kappa shape index (κ1) is 18.0. The van der Waals surface area contributed by atoms with Crippen LogP contribution < -0.4 is 9.64 Å². The van der Waals surface area contributed by atoms with Crippen LogP contribution in [0, 0.1) is 6.92 Å². The van der Waals surface area contributed by atoms with Crippen molar-refractivity contribution in [2.45, 2.75) is 32.9 Å². The second-order valence-electron chi connectivity index (χ2n) is 6.64. The first-order chi connectivity index (χ1) is 12.5. The monoisotopic (exact) mass is 352 g/mol. The summed E-state index contributed by atoms with van der Waals surface area (Å²) in [6.07, 6.45) is -0.264. The summed E-state index contributed by atoms with van der Waals surface area (Å²) < 4.78 is 5.63. The van der Waals surface area contributed by atoms with Crippen molar-refractivity contribution in [3.05, 3.63) is 59.7 Å². The lowest BCUT2D eigenvalue weighted by molar-refractivity contribution is -0.130. The van der Waals surface area contributed by atoms with Gasteiger partial charge in [-0.15, -0.1) is 0 Å². The van der Waals surface area contributed by atoms with E-state index >= 15 is 0 Å². The van der Waals surface area contributed by atoms with Crippen molar-refractivity contribution in [1.82, 2.24) is 4.90 Å². The Morgan fingerprint density at radius 3 is 2.62 bits per heavy atom. The van der Waals surface area contributed by atoms with Gasteiger partial charge in [-0.3, -0.25) is 9.59 Å². The molecule has 2 aromatic carbocycles. The fraction of sp³-hybridized carbons (Fsp3) is 0.333. The molecule has 1 atom stereocenters. The van der Waals surface area contributed by atoms with Crippen LogP contribution in [0.5, 0.6) is 5.75 Å². The van der Waals surface area contributed by atoms with Crippen molar-refractivity contribution in [2.24, 2.45) is 0 Å². The predicted octanol–water partition coefficient (Wildman–Crippen LogP) is 3.16. The fourth-order valence-corrected chi connectivity index (χ4v) is 3.12. The van der Waals surface area contributed by atoms with Crippen molar-refractivity contribution in [1.29, 1.82) is 0 Å². The molecular formula is C21H24N2O3. The third-order valence-electron chi connectivity index (χ3n) is 4.72. The standard InChI is InChI=1S/C21H24N2O3/c1-15-8-4-5-9-17(15)14-22(3)20(24)12-13-23-18-10-6-7-11-19(18)26-16(2)21(23)25/h4-11,16H,12-14H2,1-3H3. The predicted molar refractivity (Wildman–Crippen MR) is 101 cm³/mol. The zero-order valence-corrected chi connectivity index (χ0v) is 15.4. The number of aryl methyl sites for hydroxylation is 1. The molecule has 0 saturated heterocycles. The molecule has 0 fully saturated rings. The van der Waals surface area contributed by atoms with Gasteiger partial charge in [-0.2, -0.15) is 0 Å². The number of anilines is 1. The number of para-hydroxylation sites is 2. The van der Waals surface area contributed by atoms with E-state index in [1.807, 2.05) is 55.5 Å². The molecule has 0 aliphatic carbocycles. The third kappa shape index (κ3) is 3.72. The number of carbonyl (C=O) groups is 2. The zero-order chi connectivity index (χ0) is 18.7. The average Bonchev–Trinajstić information content (AvgIpc) is 2.63. The Bertz CT molecular complexity index is 818. The minimum Gasteiger partial charge on any atom is -0.479 e. The number of hydrogen-bond acceptors (Lipinski definition) is 3. The van der Waals surface area contributed by atoms with E-state index in [0.29, 0.717) is 18.8 Å². The van der Waals surface area contributed by atoms with Crippen LogP contribution in [0.3, 0.4) is 0 Å². The van der Waals surface area contributed by atoms with E-state index < -0.39 is 6.10 Å². The van der Waals surface area contributed by atoms with Gasteiger partial charge in [0.2, 0.25) is 5.91 Å². The lowest BCUT2D eigenvalue weighted by Crippen LogP contribution is -2.45. The van der Waals surface area contributed by atoms with Gasteiger partial charge in [0.25, 0.3) is 5.91 Å². The molecule has 0 bridgehead atoms. The van der Waals surface area contributed by atoms with Gasteiger partial charge in [0.15, 0.2) is 6.10 Å². The van der Waals surface area contributed by atoms with Crippen LogP contribution in [0.25, 0.3) is 0 Å². The highest BCUT2D eigenvalue weighted by atomic mass is 16.5. The topological polar surface area (TPSA) is 49.9 Å².